The maximum atomic E-state index is 12.1. The third kappa shape index (κ3) is 4.49. The van der Waals surface area contributed by atoms with Gasteiger partial charge in [0.15, 0.2) is 0 Å². The molecule has 0 saturated carbocycles. The highest BCUT2D eigenvalue weighted by atomic mass is 16.6. The van der Waals surface area contributed by atoms with Gasteiger partial charge in [-0.2, -0.15) is 0 Å². The predicted octanol–water partition coefficient (Wildman–Crippen LogP) is 2.34. The first kappa shape index (κ1) is 15.9. The monoisotopic (exact) mass is 280 g/mol. The molecule has 20 heavy (non-hydrogen) atoms. The van der Waals surface area contributed by atoms with E-state index in [1.54, 1.807) is 0 Å². The van der Waals surface area contributed by atoms with Crippen LogP contribution in [0.15, 0.2) is 12.3 Å². The van der Waals surface area contributed by atoms with Crippen LogP contribution in [0.3, 0.4) is 0 Å². The second-order valence-electron chi connectivity index (χ2n) is 4.38. The molecule has 7 heteroatoms. The Morgan fingerprint density at radius 1 is 1.35 bits per heavy atom. The molecule has 1 amide bonds. The number of amides is 1. The summed E-state index contributed by atoms with van der Waals surface area (Å²) in [6, 6.07) is 1.26. The van der Waals surface area contributed by atoms with Crippen LogP contribution in [0.1, 0.15) is 43.5 Å². The van der Waals surface area contributed by atoms with Gasteiger partial charge in [0, 0.05) is 19.2 Å². The lowest BCUT2D eigenvalue weighted by atomic mass is 10.2. The Balaban J connectivity index is 2.94. The summed E-state index contributed by atoms with van der Waals surface area (Å²) in [5, 5.41) is 16.5. The van der Waals surface area contributed by atoms with Crippen molar-refractivity contribution in [3.63, 3.8) is 0 Å². The molecule has 0 aliphatic heterocycles. The van der Waals surface area contributed by atoms with Crippen LogP contribution in [0, 0.1) is 10.1 Å². The molecule has 0 bridgehead atoms. The van der Waals surface area contributed by atoms with E-state index in [0.717, 1.165) is 25.5 Å². The fourth-order valence-electron chi connectivity index (χ4n) is 1.58. The fourth-order valence-corrected chi connectivity index (χ4v) is 1.58. The molecule has 1 heterocycles. The number of carbonyl (C=O) groups excluding carboxylic acids is 1. The number of rotatable bonds is 8. The number of nitrogens with one attached hydrogen (secondary N) is 2. The van der Waals surface area contributed by atoms with Crippen LogP contribution >= 0.6 is 0 Å². The molecule has 1 aromatic heterocycles. The highest BCUT2D eigenvalue weighted by Gasteiger charge is 2.17. The average Bonchev–Trinajstić information content (AvgIpc) is 2.44. The number of unbranched alkanes of at least 4 members (excludes halogenated alkanes) is 1. The van der Waals surface area contributed by atoms with Crippen LogP contribution in [0.25, 0.3) is 0 Å². The van der Waals surface area contributed by atoms with Crippen LogP contribution < -0.4 is 10.6 Å². The second kappa shape index (κ2) is 8.08. The van der Waals surface area contributed by atoms with Gasteiger partial charge in [0.05, 0.1) is 10.5 Å². The molecule has 1 aromatic rings. The van der Waals surface area contributed by atoms with Crippen molar-refractivity contribution in [3.8, 4) is 0 Å². The zero-order valence-electron chi connectivity index (χ0n) is 11.8. The minimum Gasteiger partial charge on any atom is -0.369 e. The van der Waals surface area contributed by atoms with Crippen molar-refractivity contribution < 1.29 is 9.72 Å². The maximum Gasteiger partial charge on any atom is 0.288 e. The molecule has 1 rings (SSSR count). The van der Waals surface area contributed by atoms with Crippen molar-refractivity contribution in [1.82, 2.24) is 10.3 Å². The molecule has 0 saturated heterocycles. The molecule has 0 spiro atoms. The van der Waals surface area contributed by atoms with Crippen molar-refractivity contribution in [2.45, 2.75) is 33.1 Å². The Bertz CT molecular complexity index is 477. The predicted molar refractivity (Wildman–Crippen MR) is 76.9 cm³/mol. The lowest BCUT2D eigenvalue weighted by Crippen LogP contribution is -2.26. The van der Waals surface area contributed by atoms with E-state index in [4.69, 9.17) is 0 Å². The van der Waals surface area contributed by atoms with Gasteiger partial charge in [0.25, 0.3) is 11.6 Å². The summed E-state index contributed by atoms with van der Waals surface area (Å²) < 4.78 is 0. The third-order valence-corrected chi connectivity index (χ3v) is 2.69. The summed E-state index contributed by atoms with van der Waals surface area (Å²) in [5.74, 6) is 0.0414. The van der Waals surface area contributed by atoms with Gasteiger partial charge in [-0.15, -0.1) is 0 Å². The van der Waals surface area contributed by atoms with Crippen LogP contribution in [0.2, 0.25) is 0 Å². The summed E-state index contributed by atoms with van der Waals surface area (Å²) in [4.78, 5) is 26.3. The molecule has 2 N–H and O–H groups in total. The van der Waals surface area contributed by atoms with Crippen molar-refractivity contribution in [3.05, 3.63) is 27.9 Å². The average molecular weight is 280 g/mol. The molecule has 0 aliphatic rings. The minimum absolute atomic E-state index is 0.187. The highest BCUT2D eigenvalue weighted by Crippen LogP contribution is 2.19. The topological polar surface area (TPSA) is 97.2 Å². The highest BCUT2D eigenvalue weighted by molar-refractivity contribution is 5.99. The Kier molecular flexibility index (Phi) is 6.42. The summed E-state index contributed by atoms with van der Waals surface area (Å²) in [5.41, 5.74) is 0.0245. The first-order valence-corrected chi connectivity index (χ1v) is 6.76. The normalized spacial score (nSPS) is 10.1. The van der Waals surface area contributed by atoms with Crippen molar-refractivity contribution in [2.75, 3.05) is 18.4 Å². The summed E-state index contributed by atoms with van der Waals surface area (Å²) in [7, 11) is 0. The summed E-state index contributed by atoms with van der Waals surface area (Å²) in [6.07, 6.45) is 3.86. The number of carbonyl (C=O) groups is 1. The molecule has 0 fully saturated rings. The minimum atomic E-state index is -0.556. The zero-order chi connectivity index (χ0) is 15.0. The van der Waals surface area contributed by atoms with Gasteiger partial charge >= 0.3 is 0 Å². The Morgan fingerprint density at radius 3 is 2.70 bits per heavy atom. The van der Waals surface area contributed by atoms with Crippen LogP contribution in [0.4, 0.5) is 11.5 Å². The lowest BCUT2D eigenvalue weighted by Gasteiger charge is -2.10. The van der Waals surface area contributed by atoms with E-state index >= 15 is 0 Å². The number of nitro groups is 1. The molecular weight excluding hydrogens is 260 g/mol. The van der Waals surface area contributed by atoms with Gasteiger partial charge in [-0.3, -0.25) is 14.9 Å². The quantitative estimate of drug-likeness (QED) is 0.433. The molecule has 0 atom stereocenters. The van der Waals surface area contributed by atoms with Gasteiger partial charge < -0.3 is 10.6 Å². The zero-order valence-corrected chi connectivity index (χ0v) is 11.8. The maximum absolute atomic E-state index is 12.1. The van der Waals surface area contributed by atoms with E-state index < -0.39 is 4.92 Å². The number of nitrogens with zero attached hydrogens (tertiary/aromatic N) is 2. The molecule has 7 nitrogen and oxygen atoms in total. The molecule has 0 aliphatic carbocycles. The van der Waals surface area contributed by atoms with Crippen LogP contribution in [-0.4, -0.2) is 28.9 Å². The molecule has 0 radical (unpaired) electrons. The van der Waals surface area contributed by atoms with E-state index in [-0.39, 0.29) is 17.2 Å². The van der Waals surface area contributed by atoms with E-state index in [2.05, 4.69) is 15.6 Å². The second-order valence-corrected chi connectivity index (χ2v) is 4.38. The van der Waals surface area contributed by atoms with E-state index in [0.29, 0.717) is 18.9 Å². The van der Waals surface area contributed by atoms with Crippen LogP contribution in [-0.2, 0) is 0 Å². The van der Waals surface area contributed by atoms with Gasteiger partial charge in [0.1, 0.15) is 12.0 Å². The van der Waals surface area contributed by atoms with E-state index in [1.165, 1.54) is 6.07 Å². The van der Waals surface area contributed by atoms with E-state index in [9.17, 15) is 14.9 Å². The van der Waals surface area contributed by atoms with E-state index in [1.807, 2.05) is 13.8 Å². The smallest absolute Gasteiger partial charge is 0.288 e. The lowest BCUT2D eigenvalue weighted by molar-refractivity contribution is -0.385. The first-order valence-electron chi connectivity index (χ1n) is 6.76. The fraction of sp³-hybridized carbons (Fsp3) is 0.538. The Labute approximate surface area is 117 Å². The van der Waals surface area contributed by atoms with Gasteiger partial charge in [-0.1, -0.05) is 20.3 Å². The number of pyridine rings is 1. The molecular formula is C13H20N4O3. The Morgan fingerprint density at radius 2 is 2.10 bits per heavy atom. The third-order valence-electron chi connectivity index (χ3n) is 2.69. The SMILES string of the molecule is CCCCNC(=O)c1cc([N+](=O)[O-])cnc1NCCC. The molecule has 0 unspecified atom stereocenters. The number of anilines is 1. The number of hydrogen-bond donors (Lipinski definition) is 2. The summed E-state index contributed by atoms with van der Waals surface area (Å²) in [6.45, 7) is 5.21. The molecule has 0 aromatic carbocycles. The van der Waals surface area contributed by atoms with Gasteiger partial charge in [-0.05, 0) is 12.8 Å². The molecule has 110 valence electrons. The standard InChI is InChI=1S/C13H20N4O3/c1-3-5-7-15-13(18)11-8-10(17(19)20)9-16-12(11)14-6-4-2/h8-9H,3-7H2,1-2H3,(H,14,16)(H,15,18). The number of aromatic nitrogens is 1. The van der Waals surface area contributed by atoms with Crippen molar-refractivity contribution >= 4 is 17.4 Å². The van der Waals surface area contributed by atoms with Gasteiger partial charge in [0.2, 0.25) is 0 Å². The summed E-state index contributed by atoms with van der Waals surface area (Å²) >= 11 is 0. The van der Waals surface area contributed by atoms with Crippen molar-refractivity contribution in [1.29, 1.82) is 0 Å². The largest absolute Gasteiger partial charge is 0.369 e. The van der Waals surface area contributed by atoms with Crippen LogP contribution in [0.5, 0.6) is 0 Å². The van der Waals surface area contributed by atoms with Crippen molar-refractivity contribution in [2.24, 2.45) is 0 Å². The number of hydrogen-bond acceptors (Lipinski definition) is 5. The van der Waals surface area contributed by atoms with Gasteiger partial charge in [-0.25, -0.2) is 4.98 Å². The first-order chi connectivity index (χ1) is 9.60. The Hall–Kier alpha value is -2.18.